The molecule has 0 aromatic heterocycles. The molecule has 0 radical (unpaired) electrons. The number of nitrogens with one attached hydrogen (secondary N) is 2. The second-order valence-corrected chi connectivity index (χ2v) is 8.58. The van der Waals surface area contributed by atoms with Gasteiger partial charge in [-0.3, -0.25) is 4.79 Å². The summed E-state index contributed by atoms with van der Waals surface area (Å²) in [5, 5.41) is 4.97. The standard InChI is InChI=1S/C25H33N3O6/c1-6-17-14-18(12-13-19(17)32-5)20(27-24(31)34-25(2,3)4)22(29)28-21(26)23(30)33-15-16-10-8-7-9-11-16/h7-14,20-21H,6,15,26H2,1-5H3,(H,27,31)(H,28,29). The van der Waals surface area contributed by atoms with Gasteiger partial charge < -0.3 is 30.6 Å². The van der Waals surface area contributed by atoms with Crippen molar-refractivity contribution >= 4 is 18.0 Å². The van der Waals surface area contributed by atoms with Gasteiger partial charge in [0.15, 0.2) is 6.17 Å². The van der Waals surface area contributed by atoms with E-state index in [-0.39, 0.29) is 6.61 Å². The van der Waals surface area contributed by atoms with Gasteiger partial charge in [0.25, 0.3) is 0 Å². The second kappa shape index (κ2) is 12.0. The summed E-state index contributed by atoms with van der Waals surface area (Å²) in [6, 6.07) is 13.0. The SMILES string of the molecule is CCc1cc(C(NC(=O)OC(C)(C)C)C(=O)NC(N)C(=O)OCc2ccccc2)ccc1OC. The molecular formula is C25H33N3O6. The van der Waals surface area contributed by atoms with E-state index < -0.39 is 35.8 Å². The number of benzene rings is 2. The highest BCUT2D eigenvalue weighted by Crippen LogP contribution is 2.24. The number of carbonyl (C=O) groups is 3. The molecule has 34 heavy (non-hydrogen) atoms. The van der Waals surface area contributed by atoms with Crippen LogP contribution in [0.5, 0.6) is 5.75 Å². The van der Waals surface area contributed by atoms with Crippen molar-refractivity contribution in [1.82, 2.24) is 10.6 Å². The summed E-state index contributed by atoms with van der Waals surface area (Å²) < 4.78 is 15.8. The maximum atomic E-state index is 13.1. The molecule has 2 unspecified atom stereocenters. The van der Waals surface area contributed by atoms with E-state index in [1.165, 1.54) is 0 Å². The van der Waals surface area contributed by atoms with E-state index in [0.29, 0.717) is 17.7 Å². The molecule has 0 aliphatic carbocycles. The van der Waals surface area contributed by atoms with Gasteiger partial charge in [-0.1, -0.05) is 43.3 Å². The first-order valence-electron chi connectivity index (χ1n) is 11.0. The minimum absolute atomic E-state index is 0.0151. The lowest BCUT2D eigenvalue weighted by molar-refractivity contribution is -0.149. The van der Waals surface area contributed by atoms with Gasteiger partial charge in [-0.2, -0.15) is 0 Å². The quantitative estimate of drug-likeness (QED) is 0.379. The van der Waals surface area contributed by atoms with Crippen molar-refractivity contribution in [2.24, 2.45) is 5.73 Å². The highest BCUT2D eigenvalue weighted by atomic mass is 16.6. The summed E-state index contributed by atoms with van der Waals surface area (Å²) >= 11 is 0. The molecule has 0 bridgehead atoms. The van der Waals surface area contributed by atoms with Crippen molar-refractivity contribution in [3.05, 3.63) is 65.2 Å². The van der Waals surface area contributed by atoms with Crippen LogP contribution >= 0.6 is 0 Å². The van der Waals surface area contributed by atoms with Crippen LogP contribution in [-0.4, -0.2) is 36.8 Å². The predicted molar refractivity (Wildman–Crippen MR) is 127 cm³/mol. The van der Waals surface area contributed by atoms with Crippen molar-refractivity contribution in [3.63, 3.8) is 0 Å². The van der Waals surface area contributed by atoms with Gasteiger partial charge in [-0.15, -0.1) is 0 Å². The summed E-state index contributed by atoms with van der Waals surface area (Å²) in [6.45, 7) is 7.09. The van der Waals surface area contributed by atoms with E-state index >= 15 is 0 Å². The second-order valence-electron chi connectivity index (χ2n) is 8.58. The Morgan fingerprint density at radius 2 is 1.71 bits per heavy atom. The van der Waals surface area contributed by atoms with Crippen LogP contribution in [0.1, 0.15) is 50.4 Å². The van der Waals surface area contributed by atoms with Crippen LogP contribution in [0.2, 0.25) is 0 Å². The van der Waals surface area contributed by atoms with Gasteiger partial charge in [0, 0.05) is 0 Å². The molecule has 2 atom stereocenters. The molecule has 2 amide bonds. The fourth-order valence-corrected chi connectivity index (χ4v) is 3.09. The Morgan fingerprint density at radius 3 is 2.29 bits per heavy atom. The predicted octanol–water partition coefficient (Wildman–Crippen LogP) is 2.97. The van der Waals surface area contributed by atoms with Crippen LogP contribution in [0.25, 0.3) is 0 Å². The van der Waals surface area contributed by atoms with Crippen molar-refractivity contribution in [2.75, 3.05) is 7.11 Å². The molecule has 184 valence electrons. The van der Waals surface area contributed by atoms with Crippen LogP contribution in [0.3, 0.4) is 0 Å². The number of aryl methyl sites for hydroxylation is 1. The number of nitrogens with two attached hydrogens (primary N) is 1. The van der Waals surface area contributed by atoms with Crippen molar-refractivity contribution in [3.8, 4) is 5.75 Å². The average molecular weight is 472 g/mol. The van der Waals surface area contributed by atoms with Gasteiger partial charge in [0.2, 0.25) is 5.91 Å². The molecular weight excluding hydrogens is 438 g/mol. The van der Waals surface area contributed by atoms with Crippen molar-refractivity contribution in [2.45, 2.75) is 58.5 Å². The molecule has 0 spiro atoms. The highest BCUT2D eigenvalue weighted by molar-refractivity contribution is 5.90. The Bertz CT molecular complexity index is 988. The largest absolute Gasteiger partial charge is 0.496 e. The van der Waals surface area contributed by atoms with E-state index in [1.54, 1.807) is 58.2 Å². The number of carbonyl (C=O) groups excluding carboxylic acids is 3. The number of esters is 1. The number of rotatable bonds is 9. The highest BCUT2D eigenvalue weighted by Gasteiger charge is 2.29. The van der Waals surface area contributed by atoms with Gasteiger partial charge >= 0.3 is 12.1 Å². The van der Waals surface area contributed by atoms with Gasteiger partial charge in [-0.25, -0.2) is 9.59 Å². The third kappa shape index (κ3) is 8.08. The first kappa shape index (κ1) is 26.7. The van der Waals surface area contributed by atoms with Crippen LogP contribution in [-0.2, 0) is 32.1 Å². The van der Waals surface area contributed by atoms with Crippen LogP contribution in [0.4, 0.5) is 4.79 Å². The molecule has 9 heteroatoms. The van der Waals surface area contributed by atoms with Crippen LogP contribution in [0, 0.1) is 0 Å². The van der Waals surface area contributed by atoms with E-state index in [9.17, 15) is 14.4 Å². The third-order valence-electron chi connectivity index (χ3n) is 4.72. The van der Waals surface area contributed by atoms with E-state index in [2.05, 4.69) is 10.6 Å². The maximum Gasteiger partial charge on any atom is 0.408 e. The number of ether oxygens (including phenoxy) is 3. The fourth-order valence-electron chi connectivity index (χ4n) is 3.09. The monoisotopic (exact) mass is 471 g/mol. The number of hydrogen-bond donors (Lipinski definition) is 3. The lowest BCUT2D eigenvalue weighted by Gasteiger charge is -2.25. The van der Waals surface area contributed by atoms with Crippen molar-refractivity contribution in [1.29, 1.82) is 0 Å². The maximum absolute atomic E-state index is 13.1. The van der Waals surface area contributed by atoms with E-state index in [1.807, 2.05) is 25.1 Å². The molecule has 2 aromatic rings. The smallest absolute Gasteiger partial charge is 0.408 e. The molecule has 2 rings (SSSR count). The fraction of sp³-hybridized carbons (Fsp3) is 0.400. The molecule has 0 aliphatic heterocycles. The Morgan fingerprint density at radius 1 is 1.03 bits per heavy atom. The molecule has 2 aromatic carbocycles. The zero-order chi connectivity index (χ0) is 25.3. The summed E-state index contributed by atoms with van der Waals surface area (Å²) in [5.74, 6) is -0.844. The first-order valence-corrected chi connectivity index (χ1v) is 11.0. The lowest BCUT2D eigenvalue weighted by Crippen LogP contribution is -2.52. The number of hydrogen-bond acceptors (Lipinski definition) is 7. The molecule has 0 aliphatic rings. The number of amides is 2. The van der Waals surface area contributed by atoms with E-state index in [0.717, 1.165) is 11.1 Å². The zero-order valence-electron chi connectivity index (χ0n) is 20.2. The van der Waals surface area contributed by atoms with E-state index in [4.69, 9.17) is 19.9 Å². The Labute approximate surface area is 199 Å². The average Bonchev–Trinajstić information content (AvgIpc) is 2.79. The number of methoxy groups -OCH3 is 1. The molecule has 0 heterocycles. The minimum atomic E-state index is -1.43. The summed E-state index contributed by atoms with van der Waals surface area (Å²) in [4.78, 5) is 37.8. The minimum Gasteiger partial charge on any atom is -0.496 e. The van der Waals surface area contributed by atoms with Crippen LogP contribution < -0.4 is 21.1 Å². The van der Waals surface area contributed by atoms with Gasteiger partial charge in [0.05, 0.1) is 7.11 Å². The summed E-state index contributed by atoms with van der Waals surface area (Å²) in [5.41, 5.74) is 7.20. The first-order chi connectivity index (χ1) is 16.0. The summed E-state index contributed by atoms with van der Waals surface area (Å²) in [7, 11) is 1.55. The summed E-state index contributed by atoms with van der Waals surface area (Å²) in [6.07, 6.45) is -1.58. The van der Waals surface area contributed by atoms with Crippen LogP contribution in [0.15, 0.2) is 48.5 Å². The zero-order valence-corrected chi connectivity index (χ0v) is 20.2. The Kier molecular flexibility index (Phi) is 9.44. The topological polar surface area (TPSA) is 129 Å². The molecule has 0 saturated heterocycles. The molecule has 0 saturated carbocycles. The molecule has 4 N–H and O–H groups in total. The lowest BCUT2D eigenvalue weighted by atomic mass is 10.0. The Balaban J connectivity index is 2.17. The third-order valence-corrected chi connectivity index (χ3v) is 4.72. The molecule has 0 fully saturated rings. The Hall–Kier alpha value is -3.59. The van der Waals surface area contributed by atoms with Gasteiger partial charge in [0.1, 0.15) is 24.0 Å². The number of alkyl carbamates (subject to hydrolysis) is 1. The van der Waals surface area contributed by atoms with Crippen molar-refractivity contribution < 1.29 is 28.6 Å². The molecule has 9 nitrogen and oxygen atoms in total. The normalized spacial score (nSPS) is 12.8. The van der Waals surface area contributed by atoms with Gasteiger partial charge in [-0.05, 0) is 56.0 Å².